The van der Waals surface area contributed by atoms with Crippen molar-refractivity contribution in [3.63, 3.8) is 0 Å². The minimum absolute atomic E-state index is 1.13. The molecule has 0 unspecified atom stereocenters. The lowest BCUT2D eigenvalue weighted by Gasteiger charge is -2.30. The molecule has 0 radical (unpaired) electrons. The fourth-order valence-corrected chi connectivity index (χ4v) is 2.52. The first kappa shape index (κ1) is 7.33. The maximum absolute atomic E-state index is 4.58. The van der Waals surface area contributed by atoms with Gasteiger partial charge in [-0.05, 0) is 18.6 Å². The highest BCUT2D eigenvalue weighted by Crippen LogP contribution is 2.30. The Hall–Kier alpha value is -1.09. The number of rotatable bonds is 1. The van der Waals surface area contributed by atoms with Gasteiger partial charge in [0.25, 0.3) is 0 Å². The molecule has 1 aliphatic heterocycles. The van der Waals surface area contributed by atoms with E-state index in [0.29, 0.717) is 0 Å². The van der Waals surface area contributed by atoms with Crippen LogP contribution in [0.15, 0.2) is 24.3 Å². The molecular weight excluding hydrogens is 180 g/mol. The quantitative estimate of drug-likeness (QED) is 0.687. The summed E-state index contributed by atoms with van der Waals surface area (Å²) in [6.07, 6.45) is 1.32. The molecule has 0 saturated carbocycles. The number of thiazole rings is 1. The molecule has 1 aromatic heterocycles. The van der Waals surface area contributed by atoms with E-state index in [2.05, 4.69) is 28.1 Å². The predicted molar refractivity (Wildman–Crippen MR) is 56.5 cm³/mol. The fourth-order valence-electron chi connectivity index (χ4n) is 1.50. The van der Waals surface area contributed by atoms with Gasteiger partial charge in [0.2, 0.25) is 0 Å². The molecule has 1 saturated heterocycles. The van der Waals surface area contributed by atoms with Gasteiger partial charge >= 0.3 is 0 Å². The summed E-state index contributed by atoms with van der Waals surface area (Å²) in [5, 5.41) is 1.19. The second-order valence-electron chi connectivity index (χ2n) is 3.30. The van der Waals surface area contributed by atoms with E-state index in [1.807, 2.05) is 6.07 Å². The summed E-state index contributed by atoms with van der Waals surface area (Å²) in [6, 6.07) is 8.33. The fraction of sp³-hybridized carbons (Fsp3) is 0.300. The van der Waals surface area contributed by atoms with Gasteiger partial charge in [0, 0.05) is 13.1 Å². The maximum Gasteiger partial charge on any atom is 0.186 e. The Morgan fingerprint density at radius 1 is 1.23 bits per heavy atom. The minimum atomic E-state index is 1.13. The van der Waals surface area contributed by atoms with E-state index in [4.69, 9.17) is 0 Å². The molecule has 2 aromatic rings. The van der Waals surface area contributed by atoms with Crippen LogP contribution in [0.3, 0.4) is 0 Å². The van der Waals surface area contributed by atoms with Gasteiger partial charge in [-0.3, -0.25) is 0 Å². The Bertz CT molecular complexity index is 398. The third-order valence-corrected chi connectivity index (χ3v) is 3.51. The number of fused-ring (bicyclic) bond motifs is 1. The van der Waals surface area contributed by atoms with Crippen LogP contribution in [-0.4, -0.2) is 18.1 Å². The first-order valence-corrected chi connectivity index (χ1v) is 5.36. The number of hydrogen-bond donors (Lipinski definition) is 0. The van der Waals surface area contributed by atoms with E-state index in [1.165, 1.54) is 29.3 Å². The number of aromatic nitrogens is 1. The molecule has 1 fully saturated rings. The Kier molecular flexibility index (Phi) is 1.52. The van der Waals surface area contributed by atoms with Crippen molar-refractivity contribution in [2.45, 2.75) is 6.42 Å². The van der Waals surface area contributed by atoms with Crippen LogP contribution in [0, 0.1) is 0 Å². The lowest BCUT2D eigenvalue weighted by Crippen LogP contribution is -2.36. The van der Waals surface area contributed by atoms with E-state index in [0.717, 1.165) is 5.52 Å². The van der Waals surface area contributed by atoms with Crippen molar-refractivity contribution in [3.8, 4) is 0 Å². The summed E-state index contributed by atoms with van der Waals surface area (Å²) in [5.74, 6) is 0. The van der Waals surface area contributed by atoms with Crippen molar-refractivity contribution in [3.05, 3.63) is 24.3 Å². The van der Waals surface area contributed by atoms with Crippen LogP contribution >= 0.6 is 11.3 Å². The molecule has 0 spiro atoms. The summed E-state index contributed by atoms with van der Waals surface area (Å²) < 4.78 is 1.30. The molecule has 0 bridgehead atoms. The van der Waals surface area contributed by atoms with Crippen LogP contribution in [0.25, 0.3) is 10.2 Å². The summed E-state index contributed by atoms with van der Waals surface area (Å²) in [5.41, 5.74) is 1.13. The second kappa shape index (κ2) is 2.70. The van der Waals surface area contributed by atoms with Crippen molar-refractivity contribution in [2.24, 2.45) is 0 Å². The highest BCUT2D eigenvalue weighted by Gasteiger charge is 2.17. The minimum Gasteiger partial charge on any atom is -0.348 e. The molecule has 3 rings (SSSR count). The van der Waals surface area contributed by atoms with Gasteiger partial charge < -0.3 is 4.90 Å². The van der Waals surface area contributed by atoms with Crippen LogP contribution in [0.2, 0.25) is 0 Å². The first-order valence-electron chi connectivity index (χ1n) is 4.54. The van der Waals surface area contributed by atoms with Crippen LogP contribution in [0.4, 0.5) is 5.13 Å². The van der Waals surface area contributed by atoms with E-state index in [1.54, 1.807) is 11.3 Å². The van der Waals surface area contributed by atoms with E-state index in [9.17, 15) is 0 Å². The van der Waals surface area contributed by atoms with Gasteiger partial charge in [0.15, 0.2) is 5.13 Å². The molecule has 0 aliphatic carbocycles. The van der Waals surface area contributed by atoms with Gasteiger partial charge in [-0.1, -0.05) is 23.5 Å². The molecule has 2 nitrogen and oxygen atoms in total. The summed E-state index contributed by atoms with van der Waals surface area (Å²) in [6.45, 7) is 2.36. The summed E-state index contributed by atoms with van der Waals surface area (Å²) in [4.78, 5) is 6.92. The SMILES string of the molecule is c1ccc2sc(N3CCC3)nc2c1. The Morgan fingerprint density at radius 3 is 2.77 bits per heavy atom. The largest absolute Gasteiger partial charge is 0.348 e. The van der Waals surface area contributed by atoms with Crippen LogP contribution in [0.1, 0.15) is 6.42 Å². The van der Waals surface area contributed by atoms with Crippen molar-refractivity contribution in [1.82, 2.24) is 4.98 Å². The first-order chi connectivity index (χ1) is 6.43. The highest BCUT2D eigenvalue weighted by molar-refractivity contribution is 7.22. The number of benzene rings is 1. The van der Waals surface area contributed by atoms with Crippen molar-refractivity contribution < 1.29 is 0 Å². The molecule has 0 amide bonds. The zero-order chi connectivity index (χ0) is 8.67. The number of para-hydroxylation sites is 1. The van der Waals surface area contributed by atoms with Gasteiger partial charge in [0.1, 0.15) is 0 Å². The summed E-state index contributed by atoms with van der Waals surface area (Å²) in [7, 11) is 0. The third-order valence-electron chi connectivity index (χ3n) is 2.41. The highest BCUT2D eigenvalue weighted by atomic mass is 32.1. The lowest BCUT2D eigenvalue weighted by molar-refractivity contribution is 0.616. The predicted octanol–water partition coefficient (Wildman–Crippen LogP) is 2.51. The van der Waals surface area contributed by atoms with E-state index in [-0.39, 0.29) is 0 Å². The number of anilines is 1. The number of hydrogen-bond acceptors (Lipinski definition) is 3. The van der Waals surface area contributed by atoms with Gasteiger partial charge in [-0.15, -0.1) is 0 Å². The maximum atomic E-state index is 4.58. The second-order valence-corrected chi connectivity index (χ2v) is 4.31. The smallest absolute Gasteiger partial charge is 0.186 e. The molecule has 3 heteroatoms. The molecule has 1 aliphatic rings. The zero-order valence-electron chi connectivity index (χ0n) is 7.23. The van der Waals surface area contributed by atoms with Crippen LogP contribution in [0.5, 0.6) is 0 Å². The van der Waals surface area contributed by atoms with Gasteiger partial charge in [-0.25, -0.2) is 4.98 Å². The molecule has 13 heavy (non-hydrogen) atoms. The molecule has 0 N–H and O–H groups in total. The zero-order valence-corrected chi connectivity index (χ0v) is 8.05. The van der Waals surface area contributed by atoms with Crippen molar-refractivity contribution in [2.75, 3.05) is 18.0 Å². The molecule has 2 heterocycles. The Morgan fingerprint density at radius 2 is 2.08 bits per heavy atom. The van der Waals surface area contributed by atoms with Crippen LogP contribution in [-0.2, 0) is 0 Å². The monoisotopic (exact) mass is 190 g/mol. The molecule has 66 valence electrons. The average Bonchev–Trinajstić information content (AvgIpc) is 2.43. The van der Waals surface area contributed by atoms with Gasteiger partial charge in [-0.2, -0.15) is 0 Å². The molecule has 0 atom stereocenters. The van der Waals surface area contributed by atoms with E-state index >= 15 is 0 Å². The van der Waals surface area contributed by atoms with Crippen molar-refractivity contribution >= 4 is 26.7 Å². The molecule has 1 aromatic carbocycles. The Labute approximate surface area is 80.8 Å². The van der Waals surface area contributed by atoms with Gasteiger partial charge in [0.05, 0.1) is 10.2 Å². The number of nitrogens with zero attached hydrogens (tertiary/aromatic N) is 2. The average molecular weight is 190 g/mol. The third kappa shape index (κ3) is 1.11. The lowest BCUT2D eigenvalue weighted by atomic mass is 10.2. The Balaban J connectivity index is 2.10. The normalized spacial score (nSPS) is 16.2. The molecular formula is C10H10N2S. The van der Waals surface area contributed by atoms with Crippen LogP contribution < -0.4 is 4.90 Å². The summed E-state index contributed by atoms with van der Waals surface area (Å²) >= 11 is 1.80. The van der Waals surface area contributed by atoms with Crippen molar-refractivity contribution in [1.29, 1.82) is 0 Å². The topological polar surface area (TPSA) is 16.1 Å². The standard InChI is InChI=1S/C10H10N2S/c1-2-5-9-8(4-1)11-10(13-9)12-6-3-7-12/h1-2,4-5H,3,6-7H2. The van der Waals surface area contributed by atoms with E-state index < -0.39 is 0 Å².